The predicted octanol–water partition coefficient (Wildman–Crippen LogP) is 0.956. The van der Waals surface area contributed by atoms with Crippen LogP contribution in [0.5, 0.6) is 0 Å². The van der Waals surface area contributed by atoms with Crippen LogP contribution < -0.4 is 5.73 Å². The van der Waals surface area contributed by atoms with E-state index >= 15 is 0 Å². The van der Waals surface area contributed by atoms with E-state index in [9.17, 15) is 0 Å². The Kier molecular flexibility index (Phi) is 3.44. The Labute approximate surface area is 107 Å². The summed E-state index contributed by atoms with van der Waals surface area (Å²) in [7, 11) is 0. The fourth-order valence-electron chi connectivity index (χ4n) is 2.03. The van der Waals surface area contributed by atoms with Gasteiger partial charge >= 0.3 is 0 Å². The molecule has 6 heteroatoms. The van der Waals surface area contributed by atoms with Crippen molar-refractivity contribution in [2.24, 2.45) is 5.73 Å². The van der Waals surface area contributed by atoms with Crippen molar-refractivity contribution >= 4 is 0 Å². The minimum atomic E-state index is -0.559. The fraction of sp³-hybridized carbons (Fsp3) is 0.833. The zero-order valence-corrected chi connectivity index (χ0v) is 11.4. The molecule has 1 saturated heterocycles. The number of nitrogens with two attached hydrogens (primary N) is 1. The van der Waals surface area contributed by atoms with E-state index in [0.717, 1.165) is 0 Å². The summed E-state index contributed by atoms with van der Waals surface area (Å²) in [6.07, 6.45) is 0. The highest BCUT2D eigenvalue weighted by atomic mass is 16.5. The van der Waals surface area contributed by atoms with Crippen molar-refractivity contribution in [3.05, 3.63) is 11.7 Å². The van der Waals surface area contributed by atoms with Crippen molar-refractivity contribution in [1.29, 1.82) is 0 Å². The van der Waals surface area contributed by atoms with E-state index in [0.29, 0.717) is 31.5 Å². The van der Waals surface area contributed by atoms with Gasteiger partial charge in [0.15, 0.2) is 0 Å². The monoisotopic (exact) mass is 255 g/mol. The number of ether oxygens (including phenoxy) is 2. The average Bonchev–Trinajstić information content (AvgIpc) is 2.88. The molecule has 1 aromatic rings. The van der Waals surface area contributed by atoms with Crippen LogP contribution in [-0.2, 0) is 20.5 Å². The number of hydrogen-bond acceptors (Lipinski definition) is 6. The fourth-order valence-corrected chi connectivity index (χ4v) is 2.03. The maximum Gasteiger partial charge on any atom is 0.236 e. The number of nitrogens with zero attached hydrogens (tertiary/aromatic N) is 2. The summed E-state index contributed by atoms with van der Waals surface area (Å²) in [6, 6.07) is -0.124. The van der Waals surface area contributed by atoms with E-state index < -0.39 is 11.0 Å². The van der Waals surface area contributed by atoms with Crippen LogP contribution in [0.1, 0.15) is 39.4 Å². The van der Waals surface area contributed by atoms with Crippen molar-refractivity contribution < 1.29 is 14.0 Å². The maximum atomic E-state index is 6.04. The molecule has 0 saturated carbocycles. The van der Waals surface area contributed by atoms with Crippen molar-refractivity contribution in [3.8, 4) is 0 Å². The maximum absolute atomic E-state index is 6.04. The molecule has 1 aliphatic rings. The molecule has 2 unspecified atom stereocenters. The number of hydrogen-bond donors (Lipinski definition) is 1. The first kappa shape index (κ1) is 13.5. The predicted molar refractivity (Wildman–Crippen MR) is 65.1 cm³/mol. The van der Waals surface area contributed by atoms with Gasteiger partial charge in [0.2, 0.25) is 11.7 Å². The van der Waals surface area contributed by atoms with Crippen LogP contribution in [0.25, 0.3) is 0 Å². The molecule has 0 bridgehead atoms. The largest absolute Gasteiger partial charge is 0.379 e. The molecule has 0 aliphatic carbocycles. The van der Waals surface area contributed by atoms with Gasteiger partial charge in [-0.15, -0.1) is 0 Å². The molecule has 2 N–H and O–H groups in total. The molecule has 0 amide bonds. The molecule has 0 aromatic carbocycles. The van der Waals surface area contributed by atoms with Crippen LogP contribution in [0.2, 0.25) is 0 Å². The van der Waals surface area contributed by atoms with Crippen LogP contribution in [0.15, 0.2) is 4.52 Å². The summed E-state index contributed by atoms with van der Waals surface area (Å²) >= 11 is 0. The van der Waals surface area contributed by atoms with Crippen LogP contribution >= 0.6 is 0 Å². The summed E-state index contributed by atoms with van der Waals surface area (Å²) in [4.78, 5) is 4.44. The summed E-state index contributed by atoms with van der Waals surface area (Å²) < 4.78 is 16.3. The van der Waals surface area contributed by atoms with Gasteiger partial charge in [-0.2, -0.15) is 4.98 Å². The second-order valence-electron chi connectivity index (χ2n) is 5.41. The van der Waals surface area contributed by atoms with Gasteiger partial charge in [0, 0.05) is 12.6 Å². The molecular formula is C12H21N3O3. The Balaban J connectivity index is 2.25. The highest BCUT2D eigenvalue weighted by Crippen LogP contribution is 2.32. The van der Waals surface area contributed by atoms with Gasteiger partial charge < -0.3 is 19.7 Å². The quantitative estimate of drug-likeness (QED) is 0.862. The second kappa shape index (κ2) is 4.60. The molecule has 0 spiro atoms. The van der Waals surface area contributed by atoms with Crippen LogP contribution in [0, 0.1) is 0 Å². The SMILES string of the molecule is CCOC(C)(C)c1noc(C2(C)COCC2N)n1. The summed E-state index contributed by atoms with van der Waals surface area (Å²) in [5, 5.41) is 4.01. The van der Waals surface area contributed by atoms with Gasteiger partial charge in [0.25, 0.3) is 0 Å². The lowest BCUT2D eigenvalue weighted by atomic mass is 9.86. The van der Waals surface area contributed by atoms with Gasteiger partial charge in [-0.1, -0.05) is 5.16 Å². The minimum absolute atomic E-state index is 0.124. The average molecular weight is 255 g/mol. The van der Waals surface area contributed by atoms with Gasteiger partial charge in [-0.25, -0.2) is 0 Å². The first-order valence-electron chi connectivity index (χ1n) is 6.22. The lowest BCUT2D eigenvalue weighted by Gasteiger charge is -2.22. The van der Waals surface area contributed by atoms with Crippen molar-refractivity contribution in [1.82, 2.24) is 10.1 Å². The Hall–Kier alpha value is -0.980. The summed E-state index contributed by atoms with van der Waals surface area (Å²) in [6.45, 7) is 9.36. The van der Waals surface area contributed by atoms with Gasteiger partial charge in [-0.05, 0) is 27.7 Å². The summed E-state index contributed by atoms with van der Waals surface area (Å²) in [5.41, 5.74) is 5.07. The first-order chi connectivity index (χ1) is 8.40. The first-order valence-corrected chi connectivity index (χ1v) is 6.22. The molecule has 1 fully saturated rings. The molecule has 1 aliphatic heterocycles. The smallest absolute Gasteiger partial charge is 0.236 e. The van der Waals surface area contributed by atoms with Gasteiger partial charge in [0.1, 0.15) is 5.60 Å². The third-order valence-corrected chi connectivity index (χ3v) is 3.48. The Morgan fingerprint density at radius 3 is 2.83 bits per heavy atom. The van der Waals surface area contributed by atoms with Gasteiger partial charge in [-0.3, -0.25) is 0 Å². The summed E-state index contributed by atoms with van der Waals surface area (Å²) in [5.74, 6) is 1.06. The van der Waals surface area contributed by atoms with Crippen molar-refractivity contribution in [2.75, 3.05) is 19.8 Å². The molecule has 18 heavy (non-hydrogen) atoms. The van der Waals surface area contributed by atoms with E-state index in [1.807, 2.05) is 27.7 Å². The van der Waals surface area contributed by atoms with Crippen LogP contribution in [0.3, 0.4) is 0 Å². The lowest BCUT2D eigenvalue weighted by Crippen LogP contribution is -2.42. The molecule has 1 aromatic heterocycles. The minimum Gasteiger partial charge on any atom is -0.379 e. The topological polar surface area (TPSA) is 83.4 Å². The number of aromatic nitrogens is 2. The van der Waals surface area contributed by atoms with E-state index in [1.54, 1.807) is 0 Å². The molecular weight excluding hydrogens is 234 g/mol. The van der Waals surface area contributed by atoms with Crippen molar-refractivity contribution in [3.63, 3.8) is 0 Å². The van der Waals surface area contributed by atoms with Crippen molar-refractivity contribution in [2.45, 2.75) is 44.8 Å². The van der Waals surface area contributed by atoms with Crippen LogP contribution in [0.4, 0.5) is 0 Å². The molecule has 2 atom stereocenters. The van der Waals surface area contributed by atoms with Crippen LogP contribution in [-0.4, -0.2) is 36.0 Å². The van der Waals surface area contributed by atoms with E-state index in [1.165, 1.54) is 0 Å². The van der Waals surface area contributed by atoms with E-state index in [-0.39, 0.29) is 6.04 Å². The highest BCUT2D eigenvalue weighted by molar-refractivity contribution is 5.13. The molecule has 2 rings (SSSR count). The second-order valence-corrected chi connectivity index (χ2v) is 5.41. The normalized spacial score (nSPS) is 28.8. The molecule has 102 valence electrons. The zero-order valence-electron chi connectivity index (χ0n) is 11.4. The van der Waals surface area contributed by atoms with E-state index in [4.69, 9.17) is 19.7 Å². The van der Waals surface area contributed by atoms with E-state index in [2.05, 4.69) is 10.1 Å². The highest BCUT2D eigenvalue weighted by Gasteiger charge is 2.45. The van der Waals surface area contributed by atoms with Gasteiger partial charge in [0.05, 0.1) is 18.6 Å². The Bertz CT molecular complexity index is 418. The Morgan fingerprint density at radius 1 is 1.56 bits per heavy atom. The standard InChI is InChI=1S/C12H21N3O3/c1-5-17-11(2,3)9-14-10(18-15-9)12(4)7-16-6-8(12)13/h8H,5-7,13H2,1-4H3. The third-order valence-electron chi connectivity index (χ3n) is 3.48. The molecule has 0 radical (unpaired) electrons. The third kappa shape index (κ3) is 2.15. The zero-order chi connectivity index (χ0) is 13.4. The molecule has 6 nitrogen and oxygen atoms in total. The lowest BCUT2D eigenvalue weighted by molar-refractivity contribution is -0.0221. The molecule has 2 heterocycles. The Morgan fingerprint density at radius 2 is 2.28 bits per heavy atom. The number of rotatable bonds is 4.